The Labute approximate surface area is 154 Å². The number of rotatable bonds is 7. The van der Waals surface area contributed by atoms with Gasteiger partial charge < -0.3 is 14.8 Å². The van der Waals surface area contributed by atoms with Crippen molar-refractivity contribution in [2.75, 3.05) is 20.8 Å². The fourth-order valence-corrected chi connectivity index (χ4v) is 3.21. The fourth-order valence-electron chi connectivity index (χ4n) is 3.05. The summed E-state index contributed by atoms with van der Waals surface area (Å²) in [6, 6.07) is 5.82. The summed E-state index contributed by atoms with van der Waals surface area (Å²) in [7, 11) is 3.23. The van der Waals surface area contributed by atoms with E-state index in [0.717, 1.165) is 24.8 Å². The van der Waals surface area contributed by atoms with Crippen molar-refractivity contribution in [3.63, 3.8) is 0 Å². The Kier molecular flexibility index (Phi) is 7.78. The summed E-state index contributed by atoms with van der Waals surface area (Å²) >= 11 is 5.18. The Bertz CT molecular complexity index is 589. The van der Waals surface area contributed by atoms with Crippen LogP contribution in [0.5, 0.6) is 11.5 Å². The van der Waals surface area contributed by atoms with Crippen LogP contribution < -0.4 is 25.6 Å². The number of ether oxygens (including phenoxy) is 2. The van der Waals surface area contributed by atoms with Crippen LogP contribution in [-0.4, -0.2) is 31.8 Å². The first-order valence-electron chi connectivity index (χ1n) is 8.66. The molecule has 1 aromatic rings. The van der Waals surface area contributed by atoms with E-state index in [1.54, 1.807) is 14.2 Å². The van der Waals surface area contributed by atoms with Crippen LogP contribution in [0, 0.1) is 5.92 Å². The van der Waals surface area contributed by atoms with Gasteiger partial charge in [-0.1, -0.05) is 18.9 Å². The van der Waals surface area contributed by atoms with E-state index >= 15 is 0 Å². The summed E-state index contributed by atoms with van der Waals surface area (Å²) in [5, 5.41) is 3.50. The molecule has 1 aromatic carbocycles. The van der Waals surface area contributed by atoms with Gasteiger partial charge in [-0.15, -0.1) is 0 Å². The Morgan fingerprint density at radius 1 is 1.16 bits per heavy atom. The second kappa shape index (κ2) is 10.1. The fraction of sp³-hybridized carbons (Fsp3) is 0.556. The molecule has 1 aliphatic carbocycles. The molecule has 0 saturated heterocycles. The zero-order chi connectivity index (χ0) is 18.1. The number of nitrogens with one attached hydrogen (secondary N) is 3. The molecular formula is C18H27N3O3S. The van der Waals surface area contributed by atoms with Gasteiger partial charge in [0.1, 0.15) is 0 Å². The van der Waals surface area contributed by atoms with Gasteiger partial charge in [0.15, 0.2) is 16.6 Å². The van der Waals surface area contributed by atoms with Crippen molar-refractivity contribution in [2.24, 2.45) is 5.92 Å². The molecule has 0 aliphatic heterocycles. The molecule has 0 atom stereocenters. The normalized spacial score (nSPS) is 14.0. The summed E-state index contributed by atoms with van der Waals surface area (Å²) < 4.78 is 10.5. The highest BCUT2D eigenvalue weighted by Crippen LogP contribution is 2.28. The number of hydrogen-bond donors (Lipinski definition) is 3. The van der Waals surface area contributed by atoms with Crippen LogP contribution in [0.1, 0.15) is 37.7 Å². The third-order valence-corrected chi connectivity index (χ3v) is 4.66. The minimum absolute atomic E-state index is 0.00376. The smallest absolute Gasteiger partial charge is 0.238 e. The summed E-state index contributed by atoms with van der Waals surface area (Å²) in [5.74, 6) is 1.94. The first-order chi connectivity index (χ1) is 12.1. The molecular weight excluding hydrogens is 338 g/mol. The van der Waals surface area contributed by atoms with Crippen molar-refractivity contribution in [1.82, 2.24) is 16.2 Å². The van der Waals surface area contributed by atoms with Crippen molar-refractivity contribution >= 4 is 23.2 Å². The first kappa shape index (κ1) is 19.3. The van der Waals surface area contributed by atoms with E-state index in [9.17, 15) is 4.79 Å². The van der Waals surface area contributed by atoms with Crippen LogP contribution in [0.4, 0.5) is 0 Å². The van der Waals surface area contributed by atoms with Gasteiger partial charge in [0.25, 0.3) is 0 Å². The third kappa shape index (κ3) is 6.42. The van der Waals surface area contributed by atoms with E-state index in [2.05, 4.69) is 16.2 Å². The van der Waals surface area contributed by atoms with Crippen molar-refractivity contribution in [1.29, 1.82) is 0 Å². The number of hydrogen-bond acceptors (Lipinski definition) is 4. The molecule has 7 heteroatoms. The van der Waals surface area contributed by atoms with Gasteiger partial charge in [0.05, 0.1) is 14.2 Å². The average Bonchev–Trinajstić information content (AvgIpc) is 3.12. The van der Waals surface area contributed by atoms with Gasteiger partial charge in [-0.25, -0.2) is 0 Å². The number of benzene rings is 1. The quantitative estimate of drug-likeness (QED) is 0.509. The number of amides is 1. The van der Waals surface area contributed by atoms with E-state index in [1.165, 1.54) is 12.8 Å². The second-order valence-corrected chi connectivity index (χ2v) is 6.63. The second-order valence-electron chi connectivity index (χ2n) is 6.22. The first-order valence-corrected chi connectivity index (χ1v) is 9.06. The van der Waals surface area contributed by atoms with Crippen LogP contribution >= 0.6 is 12.2 Å². The lowest BCUT2D eigenvalue weighted by molar-refractivity contribution is -0.122. The molecule has 1 fully saturated rings. The minimum atomic E-state index is -0.00376. The van der Waals surface area contributed by atoms with E-state index in [1.807, 2.05) is 18.2 Å². The highest BCUT2D eigenvalue weighted by Gasteiger charge is 2.18. The van der Waals surface area contributed by atoms with Gasteiger partial charge in [-0.2, -0.15) is 0 Å². The molecule has 0 spiro atoms. The van der Waals surface area contributed by atoms with Gasteiger partial charge in [-0.05, 0) is 55.1 Å². The monoisotopic (exact) mass is 365 g/mol. The predicted molar refractivity (Wildman–Crippen MR) is 102 cm³/mol. The van der Waals surface area contributed by atoms with Crippen molar-refractivity contribution < 1.29 is 14.3 Å². The molecule has 1 saturated carbocycles. The molecule has 0 radical (unpaired) electrons. The summed E-state index contributed by atoms with van der Waals surface area (Å²) in [6.07, 6.45) is 6.13. The number of hydrazine groups is 1. The van der Waals surface area contributed by atoms with E-state index < -0.39 is 0 Å². The number of methoxy groups -OCH3 is 2. The van der Waals surface area contributed by atoms with Gasteiger partial charge in [-0.3, -0.25) is 15.6 Å². The van der Waals surface area contributed by atoms with Crippen LogP contribution in [0.15, 0.2) is 18.2 Å². The molecule has 0 bridgehead atoms. The zero-order valence-corrected chi connectivity index (χ0v) is 15.7. The van der Waals surface area contributed by atoms with Gasteiger partial charge in [0.2, 0.25) is 5.91 Å². The van der Waals surface area contributed by atoms with Crippen molar-refractivity contribution in [3.05, 3.63) is 23.8 Å². The molecule has 0 heterocycles. The molecule has 2 rings (SSSR count). The Morgan fingerprint density at radius 2 is 1.88 bits per heavy atom. The Hall–Kier alpha value is -2.02. The highest BCUT2D eigenvalue weighted by molar-refractivity contribution is 7.80. The summed E-state index contributed by atoms with van der Waals surface area (Å²) in [4.78, 5) is 11.8. The molecule has 138 valence electrons. The lowest BCUT2D eigenvalue weighted by Gasteiger charge is -2.14. The molecule has 1 amide bonds. The Balaban J connectivity index is 1.65. The highest BCUT2D eigenvalue weighted by atomic mass is 32.1. The predicted octanol–water partition coefficient (Wildman–Crippen LogP) is 2.32. The summed E-state index contributed by atoms with van der Waals surface area (Å²) in [5.41, 5.74) is 6.53. The third-order valence-electron chi connectivity index (χ3n) is 4.41. The largest absolute Gasteiger partial charge is 0.493 e. The maximum absolute atomic E-state index is 11.8. The molecule has 0 unspecified atom stereocenters. The van der Waals surface area contributed by atoms with Crippen LogP contribution in [-0.2, 0) is 11.2 Å². The van der Waals surface area contributed by atoms with Crippen molar-refractivity contribution in [2.45, 2.75) is 38.5 Å². The summed E-state index contributed by atoms with van der Waals surface area (Å²) in [6.45, 7) is 0.653. The van der Waals surface area contributed by atoms with Gasteiger partial charge in [0, 0.05) is 13.0 Å². The van der Waals surface area contributed by atoms with Crippen LogP contribution in [0.2, 0.25) is 0 Å². The molecule has 1 aliphatic rings. The van der Waals surface area contributed by atoms with E-state index in [0.29, 0.717) is 35.5 Å². The Morgan fingerprint density at radius 3 is 2.56 bits per heavy atom. The lowest BCUT2D eigenvalue weighted by atomic mass is 10.0. The standard InChI is InChI=1S/C18H27N3O3S/c1-23-15-8-7-14(11-16(15)24-2)9-10-19-18(25)21-20-17(22)12-13-5-3-4-6-13/h7-8,11,13H,3-6,9-10,12H2,1-2H3,(H,20,22)(H2,19,21,25). The average molecular weight is 365 g/mol. The maximum atomic E-state index is 11.8. The number of carbonyl (C=O) groups is 1. The van der Waals surface area contributed by atoms with E-state index in [-0.39, 0.29) is 5.91 Å². The minimum Gasteiger partial charge on any atom is -0.493 e. The van der Waals surface area contributed by atoms with Crippen LogP contribution in [0.3, 0.4) is 0 Å². The topological polar surface area (TPSA) is 71.6 Å². The lowest BCUT2D eigenvalue weighted by Crippen LogP contribution is -2.47. The van der Waals surface area contributed by atoms with Gasteiger partial charge >= 0.3 is 0 Å². The van der Waals surface area contributed by atoms with Crippen LogP contribution in [0.25, 0.3) is 0 Å². The number of carbonyl (C=O) groups excluding carboxylic acids is 1. The molecule has 6 nitrogen and oxygen atoms in total. The SMILES string of the molecule is COc1ccc(CCNC(=S)NNC(=O)CC2CCCC2)cc1OC. The molecule has 0 aromatic heterocycles. The van der Waals surface area contributed by atoms with E-state index in [4.69, 9.17) is 21.7 Å². The maximum Gasteiger partial charge on any atom is 0.238 e. The van der Waals surface area contributed by atoms with Crippen molar-refractivity contribution in [3.8, 4) is 11.5 Å². The number of thiocarbonyl (C=S) groups is 1. The molecule has 3 N–H and O–H groups in total. The zero-order valence-electron chi connectivity index (χ0n) is 14.9. The molecule has 25 heavy (non-hydrogen) atoms.